The van der Waals surface area contributed by atoms with Crippen LogP contribution in [0.5, 0.6) is 5.75 Å². The van der Waals surface area contributed by atoms with Gasteiger partial charge in [0.1, 0.15) is 5.75 Å². The van der Waals surface area contributed by atoms with Gasteiger partial charge in [-0.1, -0.05) is 19.1 Å². The maximum Gasteiger partial charge on any atom is 0.119 e. The number of hydrogen-bond acceptors (Lipinski definition) is 2. The zero-order chi connectivity index (χ0) is 11.8. The van der Waals surface area contributed by atoms with Gasteiger partial charge in [-0.2, -0.15) is 0 Å². The molecule has 0 aromatic heterocycles. The van der Waals surface area contributed by atoms with E-state index >= 15 is 0 Å². The summed E-state index contributed by atoms with van der Waals surface area (Å²) in [7, 11) is 0. The highest BCUT2D eigenvalue weighted by molar-refractivity contribution is 5.27. The van der Waals surface area contributed by atoms with Crippen LogP contribution in [-0.4, -0.2) is 17.8 Å². The largest absolute Gasteiger partial charge is 0.494 e. The van der Waals surface area contributed by atoms with Crippen molar-refractivity contribution >= 4 is 0 Å². The minimum atomic E-state index is -0.191. The van der Waals surface area contributed by atoms with Gasteiger partial charge in [-0.15, -0.1) is 0 Å². The highest BCUT2D eigenvalue weighted by Crippen LogP contribution is 2.13. The summed E-state index contributed by atoms with van der Waals surface area (Å²) in [5.41, 5.74) is 1.33. The Kier molecular flexibility index (Phi) is 5.94. The van der Waals surface area contributed by atoms with Gasteiger partial charge in [-0.25, -0.2) is 0 Å². The molecule has 1 unspecified atom stereocenters. The molecule has 0 aliphatic rings. The van der Waals surface area contributed by atoms with Crippen molar-refractivity contribution in [3.8, 4) is 5.75 Å². The zero-order valence-electron chi connectivity index (χ0n) is 10.3. The van der Waals surface area contributed by atoms with Crippen LogP contribution < -0.4 is 4.74 Å². The second-order valence-corrected chi connectivity index (χ2v) is 4.19. The lowest BCUT2D eigenvalue weighted by Crippen LogP contribution is -2.02. The van der Waals surface area contributed by atoms with Crippen LogP contribution in [0.2, 0.25) is 0 Å². The van der Waals surface area contributed by atoms with Crippen molar-refractivity contribution in [1.82, 2.24) is 0 Å². The molecule has 0 heterocycles. The van der Waals surface area contributed by atoms with Gasteiger partial charge in [0.15, 0.2) is 0 Å². The number of aliphatic hydroxyl groups is 1. The summed E-state index contributed by atoms with van der Waals surface area (Å²) in [4.78, 5) is 0. The average Bonchev–Trinajstić information content (AvgIpc) is 2.29. The summed E-state index contributed by atoms with van der Waals surface area (Å²) < 4.78 is 5.61. The van der Waals surface area contributed by atoms with E-state index in [-0.39, 0.29) is 6.10 Å². The van der Waals surface area contributed by atoms with Crippen molar-refractivity contribution in [1.29, 1.82) is 0 Å². The van der Waals surface area contributed by atoms with E-state index in [9.17, 15) is 0 Å². The maximum absolute atomic E-state index is 9.09. The first-order chi connectivity index (χ1) is 7.72. The molecule has 0 spiro atoms. The summed E-state index contributed by atoms with van der Waals surface area (Å²) >= 11 is 0. The minimum absolute atomic E-state index is 0.191. The SMILES string of the molecule is CCc1ccc(OCCCCC(C)O)cc1. The number of rotatable bonds is 7. The summed E-state index contributed by atoms with van der Waals surface area (Å²) in [5, 5.41) is 9.09. The van der Waals surface area contributed by atoms with Gasteiger partial charge in [0.05, 0.1) is 12.7 Å². The summed E-state index contributed by atoms with van der Waals surface area (Å²) in [5.74, 6) is 0.939. The van der Waals surface area contributed by atoms with E-state index in [2.05, 4.69) is 19.1 Å². The van der Waals surface area contributed by atoms with Crippen LogP contribution in [0.15, 0.2) is 24.3 Å². The highest BCUT2D eigenvalue weighted by Gasteiger charge is 1.97. The van der Waals surface area contributed by atoms with E-state index in [1.54, 1.807) is 0 Å². The van der Waals surface area contributed by atoms with Gasteiger partial charge >= 0.3 is 0 Å². The van der Waals surface area contributed by atoms with Crippen LogP contribution in [0, 0.1) is 0 Å². The normalized spacial score (nSPS) is 12.4. The van der Waals surface area contributed by atoms with Crippen molar-refractivity contribution in [2.75, 3.05) is 6.61 Å². The van der Waals surface area contributed by atoms with Crippen molar-refractivity contribution in [2.24, 2.45) is 0 Å². The van der Waals surface area contributed by atoms with Crippen LogP contribution in [0.1, 0.15) is 38.7 Å². The molecule has 90 valence electrons. The average molecular weight is 222 g/mol. The van der Waals surface area contributed by atoms with Crippen LogP contribution >= 0.6 is 0 Å². The predicted molar refractivity (Wildman–Crippen MR) is 66.8 cm³/mol. The molecule has 1 aromatic rings. The molecule has 0 saturated carbocycles. The van der Waals surface area contributed by atoms with Crippen molar-refractivity contribution < 1.29 is 9.84 Å². The Morgan fingerprint density at radius 3 is 2.44 bits per heavy atom. The Morgan fingerprint density at radius 2 is 1.88 bits per heavy atom. The predicted octanol–water partition coefficient (Wildman–Crippen LogP) is 3.18. The molecule has 0 aliphatic heterocycles. The van der Waals surface area contributed by atoms with Gasteiger partial charge in [0.25, 0.3) is 0 Å². The Labute approximate surface area is 98.3 Å². The Bertz CT molecular complexity index is 277. The quantitative estimate of drug-likeness (QED) is 0.718. The third-order valence-corrected chi connectivity index (χ3v) is 2.62. The molecule has 0 bridgehead atoms. The second kappa shape index (κ2) is 7.29. The van der Waals surface area contributed by atoms with Gasteiger partial charge in [0.2, 0.25) is 0 Å². The van der Waals surface area contributed by atoms with Gasteiger partial charge in [-0.05, 0) is 50.3 Å². The molecular formula is C14H22O2. The van der Waals surface area contributed by atoms with Gasteiger partial charge < -0.3 is 9.84 Å². The molecule has 0 radical (unpaired) electrons. The molecule has 2 nitrogen and oxygen atoms in total. The molecule has 0 fully saturated rings. The van der Waals surface area contributed by atoms with Gasteiger partial charge in [-0.3, -0.25) is 0 Å². The molecular weight excluding hydrogens is 200 g/mol. The van der Waals surface area contributed by atoms with E-state index in [4.69, 9.17) is 9.84 Å². The van der Waals surface area contributed by atoms with Crippen molar-refractivity contribution in [2.45, 2.75) is 45.6 Å². The second-order valence-electron chi connectivity index (χ2n) is 4.19. The third-order valence-electron chi connectivity index (χ3n) is 2.62. The fourth-order valence-electron chi connectivity index (χ4n) is 1.55. The first kappa shape index (κ1) is 13.0. The van der Waals surface area contributed by atoms with E-state index in [0.29, 0.717) is 0 Å². The Hall–Kier alpha value is -1.02. The van der Waals surface area contributed by atoms with E-state index in [0.717, 1.165) is 38.0 Å². The number of hydrogen-bond donors (Lipinski definition) is 1. The zero-order valence-corrected chi connectivity index (χ0v) is 10.3. The van der Waals surface area contributed by atoms with Crippen molar-refractivity contribution in [3.63, 3.8) is 0 Å². The van der Waals surface area contributed by atoms with Crippen LogP contribution in [-0.2, 0) is 6.42 Å². The summed E-state index contributed by atoms with van der Waals surface area (Å²) in [6.07, 6.45) is 3.75. The lowest BCUT2D eigenvalue weighted by Gasteiger charge is -2.07. The molecule has 0 aliphatic carbocycles. The molecule has 2 heteroatoms. The van der Waals surface area contributed by atoms with E-state index in [1.165, 1.54) is 5.56 Å². The van der Waals surface area contributed by atoms with Crippen LogP contribution in [0.3, 0.4) is 0 Å². The van der Waals surface area contributed by atoms with E-state index in [1.807, 2.05) is 19.1 Å². The Balaban J connectivity index is 2.16. The molecule has 1 N–H and O–H groups in total. The summed E-state index contributed by atoms with van der Waals surface area (Å²) in [6.45, 7) is 4.70. The monoisotopic (exact) mass is 222 g/mol. The third kappa shape index (κ3) is 5.17. The van der Waals surface area contributed by atoms with Crippen molar-refractivity contribution in [3.05, 3.63) is 29.8 Å². The smallest absolute Gasteiger partial charge is 0.119 e. The van der Waals surface area contributed by atoms with Gasteiger partial charge in [0, 0.05) is 0 Å². The summed E-state index contributed by atoms with van der Waals surface area (Å²) in [6, 6.07) is 8.25. The topological polar surface area (TPSA) is 29.5 Å². The standard InChI is InChI=1S/C14H22O2/c1-3-13-7-9-14(10-8-13)16-11-5-4-6-12(2)15/h7-10,12,15H,3-6,11H2,1-2H3. The van der Waals surface area contributed by atoms with Crippen LogP contribution in [0.25, 0.3) is 0 Å². The van der Waals surface area contributed by atoms with Crippen LogP contribution in [0.4, 0.5) is 0 Å². The first-order valence-corrected chi connectivity index (χ1v) is 6.12. The molecule has 1 aromatic carbocycles. The fourth-order valence-corrected chi connectivity index (χ4v) is 1.55. The molecule has 1 atom stereocenters. The first-order valence-electron chi connectivity index (χ1n) is 6.12. The maximum atomic E-state index is 9.09. The fraction of sp³-hybridized carbons (Fsp3) is 0.571. The van der Waals surface area contributed by atoms with E-state index < -0.39 is 0 Å². The lowest BCUT2D eigenvalue weighted by atomic mass is 10.2. The molecule has 0 saturated heterocycles. The molecule has 0 amide bonds. The number of aryl methyl sites for hydroxylation is 1. The lowest BCUT2D eigenvalue weighted by molar-refractivity contribution is 0.177. The number of benzene rings is 1. The molecule has 1 rings (SSSR count). The highest BCUT2D eigenvalue weighted by atomic mass is 16.5. The number of ether oxygens (including phenoxy) is 1. The minimum Gasteiger partial charge on any atom is -0.494 e. The number of aliphatic hydroxyl groups excluding tert-OH is 1. The Morgan fingerprint density at radius 1 is 1.19 bits per heavy atom. The molecule has 16 heavy (non-hydrogen) atoms. The number of unbranched alkanes of at least 4 members (excludes halogenated alkanes) is 1.